The first-order chi connectivity index (χ1) is 6.74. The minimum absolute atomic E-state index is 0.740. The van der Waals surface area contributed by atoms with Gasteiger partial charge >= 0.3 is 0 Å². The summed E-state index contributed by atoms with van der Waals surface area (Å²) in [6, 6.07) is 8.11. The molecule has 0 saturated carbocycles. The second kappa shape index (κ2) is 3.16. The van der Waals surface area contributed by atoms with Crippen LogP contribution in [-0.4, -0.2) is 4.98 Å². The first-order valence-electron chi connectivity index (χ1n) is 4.56. The molecular formula is C13H11N. The molecule has 1 heterocycles. The van der Waals surface area contributed by atoms with Crippen LogP contribution in [0.1, 0.15) is 17.0 Å². The van der Waals surface area contributed by atoms with Crippen molar-refractivity contribution in [1.82, 2.24) is 4.98 Å². The highest BCUT2D eigenvalue weighted by atomic mass is 14.7. The molecular weight excluding hydrogens is 170 g/mol. The van der Waals surface area contributed by atoms with Crippen LogP contribution in [0.2, 0.25) is 0 Å². The van der Waals surface area contributed by atoms with Gasteiger partial charge in [-0.2, -0.15) is 0 Å². The number of hydrogen-bond donors (Lipinski definition) is 0. The topological polar surface area (TPSA) is 12.9 Å². The van der Waals surface area contributed by atoms with Crippen LogP contribution in [0.25, 0.3) is 10.8 Å². The number of fused-ring (bicyclic) bond motifs is 1. The summed E-state index contributed by atoms with van der Waals surface area (Å²) < 4.78 is 0. The van der Waals surface area contributed by atoms with Gasteiger partial charge in [-0.05, 0) is 30.7 Å². The number of aryl methyl sites for hydroxylation is 2. The van der Waals surface area contributed by atoms with Crippen LogP contribution in [0.3, 0.4) is 0 Å². The van der Waals surface area contributed by atoms with E-state index in [9.17, 15) is 0 Å². The SMILES string of the molecule is C#Cc1nc(C)c(C)c2ccccc12. The van der Waals surface area contributed by atoms with E-state index in [1.165, 1.54) is 10.9 Å². The molecule has 0 N–H and O–H groups in total. The fourth-order valence-electron chi connectivity index (χ4n) is 1.63. The average molecular weight is 181 g/mol. The monoisotopic (exact) mass is 181 g/mol. The Morgan fingerprint density at radius 2 is 1.79 bits per heavy atom. The van der Waals surface area contributed by atoms with Crippen molar-refractivity contribution < 1.29 is 0 Å². The van der Waals surface area contributed by atoms with E-state index in [-0.39, 0.29) is 0 Å². The normalized spacial score (nSPS) is 10.1. The lowest BCUT2D eigenvalue weighted by Crippen LogP contribution is -1.93. The molecule has 0 radical (unpaired) electrons. The summed E-state index contributed by atoms with van der Waals surface area (Å²) in [7, 11) is 0. The molecule has 0 aliphatic rings. The maximum atomic E-state index is 5.42. The van der Waals surface area contributed by atoms with E-state index in [4.69, 9.17) is 6.42 Å². The average Bonchev–Trinajstić information content (AvgIpc) is 2.23. The van der Waals surface area contributed by atoms with Gasteiger partial charge in [0.25, 0.3) is 0 Å². The Hall–Kier alpha value is -1.81. The molecule has 14 heavy (non-hydrogen) atoms. The summed E-state index contributed by atoms with van der Waals surface area (Å²) in [5.74, 6) is 2.63. The Morgan fingerprint density at radius 3 is 2.43 bits per heavy atom. The largest absolute Gasteiger partial charge is 0.244 e. The van der Waals surface area contributed by atoms with E-state index in [0.29, 0.717) is 0 Å². The Balaban J connectivity index is 2.99. The molecule has 0 spiro atoms. The zero-order valence-corrected chi connectivity index (χ0v) is 8.33. The van der Waals surface area contributed by atoms with E-state index in [1.807, 2.05) is 25.1 Å². The van der Waals surface area contributed by atoms with Gasteiger partial charge in [0.05, 0.1) is 0 Å². The maximum absolute atomic E-state index is 5.42. The Labute approximate surface area is 83.8 Å². The molecule has 68 valence electrons. The summed E-state index contributed by atoms with van der Waals surface area (Å²) in [5, 5.41) is 2.27. The van der Waals surface area contributed by atoms with Gasteiger partial charge < -0.3 is 0 Å². The highest BCUT2D eigenvalue weighted by Gasteiger charge is 2.05. The number of nitrogens with zero attached hydrogens (tertiary/aromatic N) is 1. The van der Waals surface area contributed by atoms with Crippen molar-refractivity contribution >= 4 is 10.8 Å². The molecule has 0 fully saturated rings. The number of hydrogen-bond acceptors (Lipinski definition) is 1. The van der Waals surface area contributed by atoms with E-state index in [1.54, 1.807) is 0 Å². The molecule has 2 rings (SSSR count). The molecule has 2 aromatic rings. The number of rotatable bonds is 0. The lowest BCUT2D eigenvalue weighted by molar-refractivity contribution is 1.16. The summed E-state index contributed by atoms with van der Waals surface area (Å²) in [5.41, 5.74) is 2.96. The number of pyridine rings is 1. The zero-order valence-electron chi connectivity index (χ0n) is 8.33. The van der Waals surface area contributed by atoms with Crippen molar-refractivity contribution in [2.45, 2.75) is 13.8 Å². The number of benzene rings is 1. The van der Waals surface area contributed by atoms with E-state index in [2.05, 4.69) is 23.9 Å². The van der Waals surface area contributed by atoms with Crippen LogP contribution in [0, 0.1) is 26.2 Å². The third-order valence-corrected chi connectivity index (χ3v) is 2.55. The van der Waals surface area contributed by atoms with Crippen LogP contribution in [0.4, 0.5) is 0 Å². The predicted octanol–water partition coefficient (Wildman–Crippen LogP) is 2.83. The van der Waals surface area contributed by atoms with E-state index in [0.717, 1.165) is 16.8 Å². The predicted molar refractivity (Wildman–Crippen MR) is 59.2 cm³/mol. The molecule has 0 aliphatic carbocycles. The van der Waals surface area contributed by atoms with Gasteiger partial charge in [-0.3, -0.25) is 0 Å². The highest BCUT2D eigenvalue weighted by molar-refractivity contribution is 5.89. The maximum Gasteiger partial charge on any atom is 0.121 e. The summed E-state index contributed by atoms with van der Waals surface area (Å²) in [6.07, 6.45) is 5.42. The highest BCUT2D eigenvalue weighted by Crippen LogP contribution is 2.22. The zero-order chi connectivity index (χ0) is 10.1. The Kier molecular flexibility index (Phi) is 1.98. The quantitative estimate of drug-likeness (QED) is 0.569. The molecule has 1 heteroatoms. The van der Waals surface area contributed by atoms with Gasteiger partial charge in [0.15, 0.2) is 0 Å². The minimum Gasteiger partial charge on any atom is -0.244 e. The van der Waals surface area contributed by atoms with E-state index < -0.39 is 0 Å². The fourth-order valence-corrected chi connectivity index (χ4v) is 1.63. The molecule has 0 aliphatic heterocycles. The lowest BCUT2D eigenvalue weighted by Gasteiger charge is -2.06. The second-order valence-corrected chi connectivity index (χ2v) is 3.36. The Morgan fingerprint density at radius 1 is 1.14 bits per heavy atom. The summed E-state index contributed by atoms with van der Waals surface area (Å²) in [6.45, 7) is 4.06. The van der Waals surface area contributed by atoms with Crippen molar-refractivity contribution in [2.75, 3.05) is 0 Å². The summed E-state index contributed by atoms with van der Waals surface area (Å²) in [4.78, 5) is 4.38. The van der Waals surface area contributed by atoms with Crippen LogP contribution >= 0.6 is 0 Å². The van der Waals surface area contributed by atoms with Gasteiger partial charge in [-0.15, -0.1) is 6.42 Å². The van der Waals surface area contributed by atoms with Crippen LogP contribution in [0.5, 0.6) is 0 Å². The van der Waals surface area contributed by atoms with Gasteiger partial charge in [0, 0.05) is 11.1 Å². The molecule has 0 amide bonds. The molecule has 0 atom stereocenters. The van der Waals surface area contributed by atoms with Crippen LogP contribution < -0.4 is 0 Å². The number of aromatic nitrogens is 1. The Bertz CT molecular complexity index is 533. The molecule has 0 saturated heterocycles. The van der Waals surface area contributed by atoms with Crippen molar-refractivity contribution in [1.29, 1.82) is 0 Å². The molecule has 1 aromatic carbocycles. The lowest BCUT2D eigenvalue weighted by atomic mass is 10.0. The first kappa shape index (κ1) is 8.77. The van der Waals surface area contributed by atoms with Gasteiger partial charge in [-0.1, -0.05) is 24.3 Å². The van der Waals surface area contributed by atoms with Crippen molar-refractivity contribution in [3.63, 3.8) is 0 Å². The number of terminal acetylenes is 1. The second-order valence-electron chi connectivity index (χ2n) is 3.36. The van der Waals surface area contributed by atoms with Crippen LogP contribution in [-0.2, 0) is 0 Å². The third kappa shape index (κ3) is 1.16. The molecule has 1 aromatic heterocycles. The minimum atomic E-state index is 0.740. The van der Waals surface area contributed by atoms with Gasteiger partial charge in [-0.25, -0.2) is 4.98 Å². The van der Waals surface area contributed by atoms with Crippen molar-refractivity contribution in [3.8, 4) is 12.3 Å². The first-order valence-corrected chi connectivity index (χ1v) is 4.56. The summed E-state index contributed by atoms with van der Waals surface area (Å²) >= 11 is 0. The third-order valence-electron chi connectivity index (χ3n) is 2.55. The van der Waals surface area contributed by atoms with Gasteiger partial charge in [0.2, 0.25) is 0 Å². The standard InChI is InChI=1S/C13H11N/c1-4-13-12-8-6-5-7-11(12)9(2)10(3)14-13/h1,5-8H,2-3H3. The smallest absolute Gasteiger partial charge is 0.121 e. The van der Waals surface area contributed by atoms with Crippen molar-refractivity contribution in [2.24, 2.45) is 0 Å². The van der Waals surface area contributed by atoms with Crippen LogP contribution in [0.15, 0.2) is 24.3 Å². The van der Waals surface area contributed by atoms with Crippen molar-refractivity contribution in [3.05, 3.63) is 41.2 Å². The van der Waals surface area contributed by atoms with E-state index >= 15 is 0 Å². The fraction of sp³-hybridized carbons (Fsp3) is 0.154. The van der Waals surface area contributed by atoms with Gasteiger partial charge in [0.1, 0.15) is 5.69 Å². The molecule has 0 unspecified atom stereocenters. The molecule has 1 nitrogen and oxygen atoms in total. The molecule has 0 bridgehead atoms.